The Labute approximate surface area is 189 Å². The van der Waals surface area contributed by atoms with Gasteiger partial charge in [0.05, 0.1) is 17.7 Å². The predicted molar refractivity (Wildman–Crippen MR) is 126 cm³/mol. The van der Waals surface area contributed by atoms with Gasteiger partial charge in [-0.05, 0) is 70.7 Å². The summed E-state index contributed by atoms with van der Waals surface area (Å²) in [5, 5.41) is 12.3. The Hall–Kier alpha value is -2.90. The first-order chi connectivity index (χ1) is 15.4. The predicted octanol–water partition coefficient (Wildman–Crippen LogP) is 3.78. The molecule has 2 aromatic heterocycles. The van der Waals surface area contributed by atoms with Gasteiger partial charge in [-0.25, -0.2) is 4.79 Å². The van der Waals surface area contributed by atoms with Gasteiger partial charge in [0.2, 0.25) is 0 Å². The largest absolute Gasteiger partial charge is 0.507 e. The minimum Gasteiger partial charge on any atom is -0.507 e. The molecule has 0 amide bonds. The third-order valence-electron chi connectivity index (χ3n) is 6.20. The van der Waals surface area contributed by atoms with Crippen molar-refractivity contribution in [1.29, 1.82) is 0 Å². The molecule has 1 saturated heterocycles. The van der Waals surface area contributed by atoms with E-state index >= 15 is 0 Å². The van der Waals surface area contributed by atoms with Gasteiger partial charge in [-0.3, -0.25) is 9.88 Å². The highest BCUT2D eigenvalue weighted by atomic mass is 16.5. The summed E-state index contributed by atoms with van der Waals surface area (Å²) in [6.07, 6.45) is 5.76. The standard InChI is InChI=1S/C25H32N4O3/c1-5-32-25(31)23-21(16-27(2)3)28(4)20-14-18(17-8-10-26-11-9-17)24(30)19(22(20)23)15-29-12-6-7-13-29/h8-11,14,30H,5-7,12-13,15-16H2,1-4H3. The molecule has 3 aromatic rings. The number of likely N-dealkylation sites (tertiary alicyclic amines) is 1. The zero-order valence-corrected chi connectivity index (χ0v) is 19.4. The Kier molecular flexibility index (Phi) is 6.48. The summed E-state index contributed by atoms with van der Waals surface area (Å²) >= 11 is 0. The number of esters is 1. The molecule has 0 saturated carbocycles. The number of pyridine rings is 1. The number of phenols is 1. The molecule has 0 unspecified atom stereocenters. The van der Waals surface area contributed by atoms with Crippen molar-refractivity contribution in [2.75, 3.05) is 33.8 Å². The first-order valence-electron chi connectivity index (χ1n) is 11.2. The second-order valence-corrected chi connectivity index (χ2v) is 8.70. The van der Waals surface area contributed by atoms with Crippen LogP contribution in [0.4, 0.5) is 0 Å². The highest BCUT2D eigenvalue weighted by Crippen LogP contribution is 2.42. The van der Waals surface area contributed by atoms with Crippen molar-refractivity contribution < 1.29 is 14.6 Å². The Balaban J connectivity index is 2.03. The number of rotatable bonds is 7. The zero-order chi connectivity index (χ0) is 22.8. The van der Waals surface area contributed by atoms with Crippen LogP contribution in [0.25, 0.3) is 22.0 Å². The molecule has 0 spiro atoms. The van der Waals surface area contributed by atoms with E-state index in [0.29, 0.717) is 25.3 Å². The second-order valence-electron chi connectivity index (χ2n) is 8.70. The topological polar surface area (TPSA) is 70.8 Å². The van der Waals surface area contributed by atoms with Crippen molar-refractivity contribution in [3.63, 3.8) is 0 Å². The maximum absolute atomic E-state index is 13.2. The third kappa shape index (κ3) is 4.10. The van der Waals surface area contributed by atoms with E-state index in [1.54, 1.807) is 12.4 Å². The van der Waals surface area contributed by atoms with E-state index < -0.39 is 0 Å². The van der Waals surface area contributed by atoms with Gasteiger partial charge in [0, 0.05) is 54.7 Å². The van der Waals surface area contributed by atoms with Gasteiger partial charge in [-0.15, -0.1) is 0 Å². The summed E-state index contributed by atoms with van der Waals surface area (Å²) in [6.45, 7) is 5.30. The Morgan fingerprint density at radius 1 is 1.22 bits per heavy atom. The molecule has 0 aliphatic carbocycles. The first-order valence-corrected chi connectivity index (χ1v) is 11.2. The van der Waals surface area contributed by atoms with Crippen LogP contribution < -0.4 is 0 Å². The van der Waals surface area contributed by atoms with Crippen LogP contribution in [0, 0.1) is 0 Å². The van der Waals surface area contributed by atoms with E-state index in [9.17, 15) is 9.90 Å². The highest BCUT2D eigenvalue weighted by Gasteiger charge is 2.29. The molecule has 0 radical (unpaired) electrons. The molecule has 0 atom stereocenters. The quantitative estimate of drug-likeness (QED) is 0.569. The van der Waals surface area contributed by atoms with Crippen LogP contribution in [0.3, 0.4) is 0 Å². The van der Waals surface area contributed by atoms with Crippen LogP contribution >= 0.6 is 0 Å². The minimum absolute atomic E-state index is 0.225. The smallest absolute Gasteiger partial charge is 0.340 e. The molecule has 4 rings (SSSR count). The first kappa shape index (κ1) is 22.3. The van der Waals surface area contributed by atoms with E-state index in [1.807, 2.05) is 51.2 Å². The molecule has 3 heterocycles. The molecule has 1 aromatic carbocycles. The summed E-state index contributed by atoms with van der Waals surface area (Å²) < 4.78 is 7.55. The lowest BCUT2D eigenvalue weighted by atomic mass is 9.96. The van der Waals surface area contributed by atoms with Crippen molar-refractivity contribution in [1.82, 2.24) is 19.4 Å². The number of benzene rings is 1. The monoisotopic (exact) mass is 436 g/mol. The summed E-state index contributed by atoms with van der Waals surface area (Å²) in [6, 6.07) is 5.78. The number of phenolic OH excluding ortho intramolecular Hbond substituents is 1. The van der Waals surface area contributed by atoms with Crippen LogP contribution in [0.2, 0.25) is 0 Å². The van der Waals surface area contributed by atoms with E-state index in [2.05, 4.69) is 14.5 Å². The van der Waals surface area contributed by atoms with E-state index in [0.717, 1.165) is 59.2 Å². The average molecular weight is 437 g/mol. The fraction of sp³-hybridized carbons (Fsp3) is 0.440. The molecule has 32 heavy (non-hydrogen) atoms. The molecule has 7 nitrogen and oxygen atoms in total. The van der Waals surface area contributed by atoms with Crippen LogP contribution in [0.15, 0.2) is 30.6 Å². The summed E-state index contributed by atoms with van der Waals surface area (Å²) in [7, 11) is 5.95. The molecule has 170 valence electrons. The van der Waals surface area contributed by atoms with Crippen LogP contribution in [-0.2, 0) is 24.9 Å². The van der Waals surface area contributed by atoms with Crippen molar-refractivity contribution in [2.45, 2.75) is 32.9 Å². The molecule has 1 fully saturated rings. The number of hydrogen-bond donors (Lipinski definition) is 1. The number of aromatic hydroxyl groups is 1. The summed E-state index contributed by atoms with van der Waals surface area (Å²) in [5.74, 6) is -0.114. The molecule has 1 aliphatic heterocycles. The SMILES string of the molecule is CCOC(=O)c1c(CN(C)C)n(C)c2cc(-c3ccncc3)c(O)c(CN3CCCC3)c12. The maximum Gasteiger partial charge on any atom is 0.340 e. The van der Waals surface area contributed by atoms with E-state index in [4.69, 9.17) is 4.74 Å². The number of nitrogens with zero attached hydrogens (tertiary/aromatic N) is 4. The molecular weight excluding hydrogens is 404 g/mol. The molecule has 0 bridgehead atoms. The van der Waals surface area contributed by atoms with Gasteiger partial charge in [0.25, 0.3) is 0 Å². The van der Waals surface area contributed by atoms with Crippen molar-refractivity contribution in [2.24, 2.45) is 7.05 Å². The van der Waals surface area contributed by atoms with Gasteiger partial charge in [-0.1, -0.05) is 0 Å². The van der Waals surface area contributed by atoms with Crippen molar-refractivity contribution in [3.05, 3.63) is 47.4 Å². The summed E-state index contributed by atoms with van der Waals surface area (Å²) in [4.78, 5) is 21.7. The summed E-state index contributed by atoms with van der Waals surface area (Å²) in [5.41, 5.74) is 4.81. The van der Waals surface area contributed by atoms with Crippen LogP contribution in [0.1, 0.15) is 41.4 Å². The fourth-order valence-corrected chi connectivity index (χ4v) is 4.69. The molecule has 1 N–H and O–H groups in total. The number of aryl methyl sites for hydroxylation is 1. The third-order valence-corrected chi connectivity index (χ3v) is 6.20. The number of carbonyl (C=O) groups is 1. The molecular formula is C25H32N4O3. The Bertz CT molecular complexity index is 1120. The number of ether oxygens (including phenoxy) is 1. The maximum atomic E-state index is 13.2. The second kappa shape index (κ2) is 9.30. The lowest BCUT2D eigenvalue weighted by Crippen LogP contribution is -2.19. The minimum atomic E-state index is -0.339. The van der Waals surface area contributed by atoms with Crippen molar-refractivity contribution in [3.8, 4) is 16.9 Å². The number of fused-ring (bicyclic) bond motifs is 1. The lowest BCUT2D eigenvalue weighted by Gasteiger charge is -2.19. The fourth-order valence-electron chi connectivity index (χ4n) is 4.69. The Morgan fingerprint density at radius 2 is 1.91 bits per heavy atom. The van der Waals surface area contributed by atoms with Gasteiger partial charge in [-0.2, -0.15) is 0 Å². The molecule has 1 aliphatic rings. The van der Waals surface area contributed by atoms with Gasteiger partial charge in [0.1, 0.15) is 5.75 Å². The van der Waals surface area contributed by atoms with Crippen LogP contribution in [0.5, 0.6) is 5.75 Å². The van der Waals surface area contributed by atoms with Crippen molar-refractivity contribution >= 4 is 16.9 Å². The zero-order valence-electron chi connectivity index (χ0n) is 19.4. The van der Waals surface area contributed by atoms with E-state index in [1.165, 1.54) is 0 Å². The van der Waals surface area contributed by atoms with E-state index in [-0.39, 0.29) is 11.7 Å². The van der Waals surface area contributed by atoms with Gasteiger partial charge in [0.15, 0.2) is 0 Å². The number of hydrogen-bond acceptors (Lipinski definition) is 6. The van der Waals surface area contributed by atoms with Gasteiger partial charge < -0.3 is 19.3 Å². The molecule has 7 heteroatoms. The average Bonchev–Trinajstić information content (AvgIpc) is 3.37. The number of aromatic nitrogens is 2. The lowest BCUT2D eigenvalue weighted by molar-refractivity contribution is 0.0526. The van der Waals surface area contributed by atoms with Crippen LogP contribution in [-0.4, -0.2) is 64.2 Å². The number of carbonyl (C=O) groups excluding carboxylic acids is 1. The highest BCUT2D eigenvalue weighted by molar-refractivity contribution is 6.09. The Morgan fingerprint density at radius 3 is 2.53 bits per heavy atom. The van der Waals surface area contributed by atoms with Gasteiger partial charge >= 0.3 is 5.97 Å². The normalized spacial score (nSPS) is 14.5.